The van der Waals surface area contributed by atoms with Gasteiger partial charge in [0, 0.05) is 18.1 Å². The maximum absolute atomic E-state index is 10.9. The largest absolute Gasteiger partial charge is 0.313 e. The van der Waals surface area contributed by atoms with Crippen LogP contribution < -0.4 is 10.0 Å². The summed E-state index contributed by atoms with van der Waals surface area (Å²) >= 11 is 5.98. The van der Waals surface area contributed by atoms with Gasteiger partial charge in [-0.1, -0.05) is 11.6 Å². The standard InChI is InChI=1S/C13H21ClN2O2S/c1-10-7-12(14)8-11(2)13(10)9-15-5-4-6-16-19(3,17)18/h7-8,15-16H,4-6,9H2,1-3H3. The average Bonchev–Trinajstić information content (AvgIpc) is 2.24. The molecule has 108 valence electrons. The Labute approximate surface area is 120 Å². The highest BCUT2D eigenvalue weighted by atomic mass is 35.5. The number of halogens is 1. The minimum atomic E-state index is -3.07. The van der Waals surface area contributed by atoms with Crippen LogP contribution in [0.25, 0.3) is 0 Å². The number of rotatable bonds is 7. The first-order valence-corrected chi connectivity index (χ1v) is 8.47. The smallest absolute Gasteiger partial charge is 0.208 e. The first-order chi connectivity index (χ1) is 8.79. The molecule has 1 aromatic carbocycles. The summed E-state index contributed by atoms with van der Waals surface area (Å²) in [4.78, 5) is 0. The fourth-order valence-electron chi connectivity index (χ4n) is 1.90. The van der Waals surface area contributed by atoms with Gasteiger partial charge in [0.05, 0.1) is 6.26 Å². The molecule has 0 aliphatic carbocycles. The molecule has 0 spiro atoms. The van der Waals surface area contributed by atoms with Crippen molar-refractivity contribution < 1.29 is 8.42 Å². The van der Waals surface area contributed by atoms with Gasteiger partial charge in [0.15, 0.2) is 0 Å². The van der Waals surface area contributed by atoms with Crippen LogP contribution in [0.2, 0.25) is 5.02 Å². The van der Waals surface area contributed by atoms with Crippen LogP contribution >= 0.6 is 11.6 Å². The van der Waals surface area contributed by atoms with E-state index in [1.165, 1.54) is 22.9 Å². The average molecular weight is 305 g/mol. The highest BCUT2D eigenvalue weighted by molar-refractivity contribution is 7.88. The molecule has 6 heteroatoms. The minimum Gasteiger partial charge on any atom is -0.313 e. The maximum Gasteiger partial charge on any atom is 0.208 e. The predicted octanol–water partition coefficient (Wildman–Crippen LogP) is 1.99. The molecule has 0 saturated heterocycles. The van der Waals surface area contributed by atoms with E-state index >= 15 is 0 Å². The fourth-order valence-corrected chi connectivity index (χ4v) is 2.75. The second kappa shape index (κ2) is 7.24. The third-order valence-corrected chi connectivity index (χ3v) is 3.80. The van der Waals surface area contributed by atoms with Crippen molar-refractivity contribution in [2.75, 3.05) is 19.3 Å². The highest BCUT2D eigenvalue weighted by Gasteiger charge is 2.04. The molecule has 1 rings (SSSR count). The van der Waals surface area contributed by atoms with Gasteiger partial charge in [0.1, 0.15) is 0 Å². The molecule has 1 aromatic rings. The topological polar surface area (TPSA) is 58.2 Å². The van der Waals surface area contributed by atoms with Crippen molar-refractivity contribution in [3.8, 4) is 0 Å². The Hall–Kier alpha value is -0.620. The van der Waals surface area contributed by atoms with Crippen molar-refractivity contribution in [2.45, 2.75) is 26.8 Å². The quantitative estimate of drug-likeness (QED) is 0.757. The number of benzene rings is 1. The van der Waals surface area contributed by atoms with Crippen LogP contribution in [0.5, 0.6) is 0 Å². The normalized spacial score (nSPS) is 11.8. The summed E-state index contributed by atoms with van der Waals surface area (Å²) in [6.07, 6.45) is 1.93. The van der Waals surface area contributed by atoms with E-state index in [0.29, 0.717) is 6.54 Å². The Morgan fingerprint density at radius 3 is 2.26 bits per heavy atom. The molecular weight excluding hydrogens is 284 g/mol. The van der Waals surface area contributed by atoms with Crippen LogP contribution in [0.15, 0.2) is 12.1 Å². The lowest BCUT2D eigenvalue weighted by atomic mass is 10.0. The summed E-state index contributed by atoms with van der Waals surface area (Å²) in [5.41, 5.74) is 3.60. The van der Waals surface area contributed by atoms with Gasteiger partial charge in [0.2, 0.25) is 10.0 Å². The van der Waals surface area contributed by atoms with E-state index in [-0.39, 0.29) is 0 Å². The van der Waals surface area contributed by atoms with Gasteiger partial charge in [-0.15, -0.1) is 0 Å². The van der Waals surface area contributed by atoms with Crippen molar-refractivity contribution in [3.63, 3.8) is 0 Å². The van der Waals surface area contributed by atoms with Crippen LogP contribution in [0.4, 0.5) is 0 Å². The molecule has 0 aromatic heterocycles. The summed E-state index contributed by atoms with van der Waals surface area (Å²) in [7, 11) is -3.07. The molecule has 19 heavy (non-hydrogen) atoms. The molecule has 0 fully saturated rings. The molecule has 4 nitrogen and oxygen atoms in total. The fraction of sp³-hybridized carbons (Fsp3) is 0.538. The monoisotopic (exact) mass is 304 g/mol. The minimum absolute atomic E-state index is 0.463. The van der Waals surface area contributed by atoms with Crippen LogP contribution in [0.1, 0.15) is 23.1 Å². The predicted molar refractivity (Wildman–Crippen MR) is 80.1 cm³/mol. The Bertz CT molecular complexity index is 506. The molecule has 0 amide bonds. The van der Waals surface area contributed by atoms with Crippen molar-refractivity contribution in [1.29, 1.82) is 0 Å². The molecule has 2 N–H and O–H groups in total. The van der Waals surface area contributed by atoms with Crippen LogP contribution in [-0.2, 0) is 16.6 Å². The van der Waals surface area contributed by atoms with Gasteiger partial charge >= 0.3 is 0 Å². The van der Waals surface area contributed by atoms with Crippen LogP contribution in [-0.4, -0.2) is 27.8 Å². The zero-order valence-corrected chi connectivity index (χ0v) is 13.2. The molecule has 0 bridgehead atoms. The van der Waals surface area contributed by atoms with E-state index in [1.54, 1.807) is 0 Å². The van der Waals surface area contributed by atoms with Crippen LogP contribution in [0.3, 0.4) is 0 Å². The lowest BCUT2D eigenvalue weighted by molar-refractivity contribution is 0.579. The van der Waals surface area contributed by atoms with Gasteiger partial charge in [-0.2, -0.15) is 0 Å². The second-order valence-corrected chi connectivity index (χ2v) is 6.98. The van der Waals surface area contributed by atoms with Gasteiger partial charge in [-0.25, -0.2) is 13.1 Å². The number of hydrogen-bond donors (Lipinski definition) is 2. The first kappa shape index (κ1) is 16.4. The summed E-state index contributed by atoms with van der Waals surface area (Å²) < 4.78 is 24.2. The van der Waals surface area contributed by atoms with Crippen molar-refractivity contribution in [2.24, 2.45) is 0 Å². The van der Waals surface area contributed by atoms with Crippen molar-refractivity contribution >= 4 is 21.6 Å². The summed E-state index contributed by atoms with van der Waals surface area (Å²) in [6, 6.07) is 3.91. The number of aryl methyl sites for hydroxylation is 2. The first-order valence-electron chi connectivity index (χ1n) is 6.20. The summed E-state index contributed by atoms with van der Waals surface area (Å²) in [6.45, 7) is 6.09. The van der Waals surface area contributed by atoms with Gasteiger partial charge in [-0.05, 0) is 55.6 Å². The lowest BCUT2D eigenvalue weighted by Crippen LogP contribution is -2.26. The van der Waals surface area contributed by atoms with Crippen molar-refractivity contribution in [3.05, 3.63) is 33.8 Å². The lowest BCUT2D eigenvalue weighted by Gasteiger charge is -2.11. The molecule has 0 aliphatic rings. The van der Waals surface area contributed by atoms with E-state index in [4.69, 9.17) is 11.6 Å². The van der Waals surface area contributed by atoms with Gasteiger partial charge < -0.3 is 5.32 Å². The molecule has 0 aliphatic heterocycles. The molecule has 0 heterocycles. The number of sulfonamides is 1. The highest BCUT2D eigenvalue weighted by Crippen LogP contribution is 2.19. The Morgan fingerprint density at radius 2 is 1.74 bits per heavy atom. The van der Waals surface area contributed by atoms with E-state index in [0.717, 1.165) is 24.5 Å². The Morgan fingerprint density at radius 1 is 1.16 bits per heavy atom. The number of hydrogen-bond acceptors (Lipinski definition) is 3. The zero-order valence-electron chi connectivity index (χ0n) is 11.6. The summed E-state index contributed by atoms with van der Waals surface area (Å²) in [5, 5.41) is 4.07. The Balaban J connectivity index is 2.34. The van der Waals surface area contributed by atoms with Gasteiger partial charge in [0.25, 0.3) is 0 Å². The third kappa shape index (κ3) is 6.38. The third-order valence-electron chi connectivity index (χ3n) is 2.86. The maximum atomic E-state index is 10.9. The second-order valence-electron chi connectivity index (χ2n) is 4.71. The SMILES string of the molecule is Cc1cc(Cl)cc(C)c1CNCCCNS(C)(=O)=O. The molecule has 0 atom stereocenters. The van der Waals surface area contributed by atoms with E-state index in [2.05, 4.69) is 10.0 Å². The van der Waals surface area contributed by atoms with E-state index in [1.807, 2.05) is 26.0 Å². The van der Waals surface area contributed by atoms with Gasteiger partial charge in [-0.3, -0.25) is 0 Å². The molecule has 0 saturated carbocycles. The zero-order chi connectivity index (χ0) is 14.5. The molecule has 0 radical (unpaired) electrons. The molecule has 0 unspecified atom stereocenters. The van der Waals surface area contributed by atoms with E-state index < -0.39 is 10.0 Å². The number of nitrogens with one attached hydrogen (secondary N) is 2. The van der Waals surface area contributed by atoms with Crippen molar-refractivity contribution in [1.82, 2.24) is 10.0 Å². The molecular formula is C13H21ClN2O2S. The Kier molecular flexibility index (Phi) is 6.26. The van der Waals surface area contributed by atoms with E-state index in [9.17, 15) is 8.42 Å². The summed E-state index contributed by atoms with van der Waals surface area (Å²) in [5.74, 6) is 0. The van der Waals surface area contributed by atoms with Crippen LogP contribution in [0, 0.1) is 13.8 Å².